The number of nitrogens with zero attached hydrogens (tertiary/aromatic N) is 2. The molecule has 1 aliphatic carbocycles. The number of likely N-dealkylation sites (tertiary alicyclic amines) is 1. The summed E-state index contributed by atoms with van der Waals surface area (Å²) >= 11 is 0. The van der Waals surface area contributed by atoms with Crippen LogP contribution < -0.4 is 10.6 Å². The third-order valence-corrected chi connectivity index (χ3v) is 6.00. The summed E-state index contributed by atoms with van der Waals surface area (Å²) in [5.74, 6) is 1.56. The molecule has 0 bridgehead atoms. The van der Waals surface area contributed by atoms with Crippen LogP contribution in [0.25, 0.3) is 0 Å². The van der Waals surface area contributed by atoms with E-state index >= 15 is 0 Å². The van der Waals surface area contributed by atoms with E-state index in [2.05, 4.69) is 23.1 Å². The van der Waals surface area contributed by atoms with Gasteiger partial charge in [0.25, 0.3) is 0 Å². The minimum atomic E-state index is 0. The van der Waals surface area contributed by atoms with Crippen LogP contribution in [-0.4, -0.2) is 43.0 Å². The second-order valence-electron chi connectivity index (χ2n) is 7.49. The fraction of sp³-hybridized carbons (Fsp3) is 0.632. The number of aryl methyl sites for hydroxylation is 1. The average Bonchev–Trinajstić information content (AvgIpc) is 2.98. The zero-order chi connectivity index (χ0) is 15.8. The van der Waals surface area contributed by atoms with Crippen LogP contribution in [0.1, 0.15) is 31.2 Å². The maximum atomic E-state index is 12.9. The van der Waals surface area contributed by atoms with Crippen LogP contribution in [0, 0.1) is 11.8 Å². The van der Waals surface area contributed by atoms with E-state index in [9.17, 15) is 4.79 Å². The summed E-state index contributed by atoms with van der Waals surface area (Å²) in [6.07, 6.45) is 5.85. The molecule has 1 saturated carbocycles. The number of carbonyl (C=O) groups excluding carboxylic acids is 1. The van der Waals surface area contributed by atoms with E-state index in [1.54, 1.807) is 0 Å². The fourth-order valence-electron chi connectivity index (χ4n) is 4.81. The van der Waals surface area contributed by atoms with E-state index in [0.717, 1.165) is 44.6 Å². The van der Waals surface area contributed by atoms with Gasteiger partial charge in [0.15, 0.2) is 0 Å². The topological polar surface area (TPSA) is 49.6 Å². The summed E-state index contributed by atoms with van der Waals surface area (Å²) in [6.45, 7) is 3.47. The Bertz CT molecular complexity index is 594. The van der Waals surface area contributed by atoms with Crippen molar-refractivity contribution in [3.05, 3.63) is 29.8 Å². The van der Waals surface area contributed by atoms with Gasteiger partial charge >= 0.3 is 0 Å². The molecule has 132 valence electrons. The predicted octanol–water partition coefficient (Wildman–Crippen LogP) is 2.45. The van der Waals surface area contributed by atoms with Crippen LogP contribution in [0.15, 0.2) is 24.3 Å². The third-order valence-electron chi connectivity index (χ3n) is 6.00. The molecule has 4 rings (SSSR count). The second-order valence-corrected chi connectivity index (χ2v) is 7.49. The Morgan fingerprint density at radius 3 is 2.83 bits per heavy atom. The standard InChI is InChI=1S/C19H27N3O.ClH/c20-17-8-3-6-15-11-21(12-16(15)17)13-19(23)22-10-4-7-14-5-1-2-9-18(14)22;/h1-2,5,9,15-17H,3-4,6-8,10-13,20H2;1H. The highest BCUT2D eigenvalue weighted by Gasteiger charge is 2.39. The lowest BCUT2D eigenvalue weighted by atomic mass is 9.78. The minimum absolute atomic E-state index is 0. The number of rotatable bonds is 2. The van der Waals surface area contributed by atoms with Crippen molar-refractivity contribution in [2.75, 3.05) is 31.1 Å². The number of anilines is 1. The van der Waals surface area contributed by atoms with Crippen molar-refractivity contribution >= 4 is 24.0 Å². The first kappa shape index (κ1) is 17.7. The van der Waals surface area contributed by atoms with Crippen LogP contribution in [0.5, 0.6) is 0 Å². The molecular formula is C19H28ClN3O. The molecule has 1 aromatic rings. The molecule has 2 fully saturated rings. The highest BCUT2D eigenvalue weighted by Crippen LogP contribution is 2.35. The Labute approximate surface area is 150 Å². The number of hydrogen-bond acceptors (Lipinski definition) is 3. The first-order chi connectivity index (χ1) is 11.2. The Hall–Kier alpha value is -1.10. The monoisotopic (exact) mass is 349 g/mol. The number of nitrogens with two attached hydrogens (primary N) is 1. The number of carbonyl (C=O) groups is 1. The van der Waals surface area contributed by atoms with Gasteiger partial charge < -0.3 is 10.6 Å². The van der Waals surface area contributed by atoms with Crippen molar-refractivity contribution in [2.45, 2.75) is 38.1 Å². The van der Waals surface area contributed by atoms with Gasteiger partial charge in [0.1, 0.15) is 0 Å². The van der Waals surface area contributed by atoms with E-state index < -0.39 is 0 Å². The molecule has 3 atom stereocenters. The van der Waals surface area contributed by atoms with E-state index in [1.165, 1.54) is 18.4 Å². The second kappa shape index (κ2) is 7.42. The van der Waals surface area contributed by atoms with Crippen LogP contribution in [0.3, 0.4) is 0 Å². The lowest BCUT2D eigenvalue weighted by Crippen LogP contribution is -2.42. The molecule has 3 unspecified atom stereocenters. The molecule has 1 aromatic carbocycles. The van der Waals surface area contributed by atoms with Crippen LogP contribution >= 0.6 is 12.4 Å². The Morgan fingerprint density at radius 2 is 2.00 bits per heavy atom. The van der Waals surface area contributed by atoms with E-state index in [-0.39, 0.29) is 18.3 Å². The number of para-hydroxylation sites is 1. The van der Waals surface area contributed by atoms with E-state index in [1.807, 2.05) is 11.0 Å². The van der Waals surface area contributed by atoms with Gasteiger partial charge in [-0.05, 0) is 49.1 Å². The lowest BCUT2D eigenvalue weighted by molar-refractivity contribution is -0.119. The normalized spacial score (nSPS) is 29.5. The van der Waals surface area contributed by atoms with Gasteiger partial charge in [0.05, 0.1) is 6.54 Å². The first-order valence-corrected chi connectivity index (χ1v) is 9.08. The molecule has 0 aromatic heterocycles. The largest absolute Gasteiger partial charge is 0.327 e. The summed E-state index contributed by atoms with van der Waals surface area (Å²) in [6, 6.07) is 8.68. The first-order valence-electron chi connectivity index (χ1n) is 9.08. The number of benzene rings is 1. The predicted molar refractivity (Wildman–Crippen MR) is 99.6 cm³/mol. The SMILES string of the molecule is Cl.NC1CCCC2CN(CC(=O)N3CCCc4ccccc43)CC12. The highest BCUT2D eigenvalue weighted by atomic mass is 35.5. The fourth-order valence-corrected chi connectivity index (χ4v) is 4.81. The van der Waals surface area contributed by atoms with Crippen molar-refractivity contribution in [2.24, 2.45) is 17.6 Å². The average molecular weight is 350 g/mol. The molecule has 1 saturated heterocycles. The van der Waals surface area contributed by atoms with Gasteiger partial charge in [-0.25, -0.2) is 0 Å². The lowest BCUT2D eigenvalue weighted by Gasteiger charge is -2.31. The van der Waals surface area contributed by atoms with Crippen molar-refractivity contribution in [3.63, 3.8) is 0 Å². The van der Waals surface area contributed by atoms with E-state index in [0.29, 0.717) is 24.4 Å². The van der Waals surface area contributed by atoms with Crippen LogP contribution in [0.4, 0.5) is 5.69 Å². The quantitative estimate of drug-likeness (QED) is 0.892. The van der Waals surface area contributed by atoms with Crippen molar-refractivity contribution in [1.29, 1.82) is 0 Å². The zero-order valence-corrected chi connectivity index (χ0v) is 15.0. The van der Waals surface area contributed by atoms with Crippen molar-refractivity contribution < 1.29 is 4.79 Å². The molecule has 0 spiro atoms. The van der Waals surface area contributed by atoms with Crippen LogP contribution in [-0.2, 0) is 11.2 Å². The number of fused-ring (bicyclic) bond motifs is 2. The smallest absolute Gasteiger partial charge is 0.241 e. The molecule has 5 heteroatoms. The van der Waals surface area contributed by atoms with Crippen molar-refractivity contribution in [3.8, 4) is 0 Å². The molecule has 1 amide bonds. The molecule has 2 N–H and O–H groups in total. The number of hydrogen-bond donors (Lipinski definition) is 1. The Morgan fingerprint density at radius 1 is 1.17 bits per heavy atom. The van der Waals surface area contributed by atoms with Crippen LogP contribution in [0.2, 0.25) is 0 Å². The summed E-state index contributed by atoms with van der Waals surface area (Å²) < 4.78 is 0. The molecule has 2 aliphatic heterocycles. The van der Waals surface area contributed by atoms with Gasteiger partial charge in [-0.3, -0.25) is 9.69 Å². The van der Waals surface area contributed by atoms with Gasteiger partial charge in [0, 0.05) is 31.4 Å². The summed E-state index contributed by atoms with van der Waals surface area (Å²) in [7, 11) is 0. The van der Waals surface area contributed by atoms with Gasteiger partial charge in [-0.2, -0.15) is 0 Å². The van der Waals surface area contributed by atoms with Gasteiger partial charge in [0.2, 0.25) is 5.91 Å². The maximum absolute atomic E-state index is 12.9. The molecule has 4 nitrogen and oxygen atoms in total. The Kier molecular flexibility index (Phi) is 5.48. The zero-order valence-electron chi connectivity index (χ0n) is 14.2. The molecular weight excluding hydrogens is 322 g/mol. The van der Waals surface area contributed by atoms with Crippen molar-refractivity contribution in [1.82, 2.24) is 4.90 Å². The highest BCUT2D eigenvalue weighted by molar-refractivity contribution is 5.96. The number of halogens is 1. The molecule has 0 radical (unpaired) electrons. The number of amides is 1. The summed E-state index contributed by atoms with van der Waals surface area (Å²) in [5, 5.41) is 0. The summed E-state index contributed by atoms with van der Waals surface area (Å²) in [4.78, 5) is 17.2. The third kappa shape index (κ3) is 3.32. The maximum Gasteiger partial charge on any atom is 0.241 e. The summed E-state index contributed by atoms with van der Waals surface area (Å²) in [5.41, 5.74) is 8.73. The molecule has 24 heavy (non-hydrogen) atoms. The van der Waals surface area contributed by atoms with Gasteiger partial charge in [-0.1, -0.05) is 24.6 Å². The minimum Gasteiger partial charge on any atom is -0.327 e. The Balaban J connectivity index is 0.00000169. The van der Waals surface area contributed by atoms with E-state index in [4.69, 9.17) is 5.73 Å². The molecule has 2 heterocycles. The molecule has 3 aliphatic rings. The van der Waals surface area contributed by atoms with Gasteiger partial charge in [-0.15, -0.1) is 12.4 Å².